The van der Waals surface area contributed by atoms with Crippen molar-refractivity contribution in [3.8, 4) is 17.6 Å². The highest BCUT2D eigenvalue weighted by Crippen LogP contribution is 2.37. The van der Waals surface area contributed by atoms with Crippen LogP contribution in [0.2, 0.25) is 0 Å². The van der Waals surface area contributed by atoms with E-state index in [2.05, 4.69) is 11.0 Å². The number of hydrogen-bond acceptors (Lipinski definition) is 4. The summed E-state index contributed by atoms with van der Waals surface area (Å²) in [5.74, 6) is -0.408. The molecule has 0 bridgehead atoms. The number of likely N-dealkylation sites (tertiary alicyclic amines) is 1. The SMILES string of the molecule is COc1cc(C#N)ccc1OCC1CCCN(CC2CCC(F)(F)CC2)C1. The summed E-state index contributed by atoms with van der Waals surface area (Å²) in [5.41, 5.74) is 0.543. The van der Waals surface area contributed by atoms with Gasteiger partial charge in [0.05, 0.1) is 25.3 Å². The van der Waals surface area contributed by atoms with E-state index in [1.165, 1.54) is 0 Å². The topological polar surface area (TPSA) is 45.5 Å². The van der Waals surface area contributed by atoms with Gasteiger partial charge in [-0.2, -0.15) is 5.26 Å². The number of rotatable bonds is 6. The standard InChI is InChI=1S/C21H28F2N2O2/c1-26-20-11-17(12-24)4-5-19(20)27-15-18-3-2-10-25(14-18)13-16-6-8-21(22,23)9-7-16/h4-5,11,16,18H,2-3,6-10,13-15H2,1H3. The third-order valence-electron chi connectivity index (χ3n) is 5.72. The maximum Gasteiger partial charge on any atom is 0.248 e. The zero-order valence-corrected chi connectivity index (χ0v) is 15.9. The lowest BCUT2D eigenvalue weighted by Gasteiger charge is -2.37. The number of ether oxygens (including phenoxy) is 2. The molecule has 3 rings (SSSR count). The monoisotopic (exact) mass is 378 g/mol. The van der Waals surface area contributed by atoms with Crippen LogP contribution < -0.4 is 9.47 Å². The molecular weight excluding hydrogens is 350 g/mol. The Labute approximate surface area is 160 Å². The number of halogens is 2. The Morgan fingerprint density at radius 3 is 2.67 bits per heavy atom. The predicted octanol–water partition coefficient (Wildman–Crippen LogP) is 4.48. The maximum atomic E-state index is 13.3. The summed E-state index contributed by atoms with van der Waals surface area (Å²) >= 11 is 0. The number of piperidine rings is 1. The summed E-state index contributed by atoms with van der Waals surface area (Å²) in [4.78, 5) is 2.42. The number of methoxy groups -OCH3 is 1. The van der Waals surface area contributed by atoms with Gasteiger partial charge in [0.1, 0.15) is 0 Å². The van der Waals surface area contributed by atoms with Crippen LogP contribution >= 0.6 is 0 Å². The lowest BCUT2D eigenvalue weighted by Crippen LogP contribution is -2.41. The Morgan fingerprint density at radius 1 is 1.19 bits per heavy atom. The first-order chi connectivity index (χ1) is 13.0. The van der Waals surface area contributed by atoms with Crippen molar-refractivity contribution in [2.24, 2.45) is 11.8 Å². The Kier molecular flexibility index (Phi) is 6.54. The van der Waals surface area contributed by atoms with Crippen LogP contribution in [0.5, 0.6) is 11.5 Å². The Hall–Kier alpha value is -1.87. The van der Waals surface area contributed by atoms with Crippen LogP contribution in [0.15, 0.2) is 18.2 Å². The van der Waals surface area contributed by atoms with Crippen LogP contribution in [0.25, 0.3) is 0 Å². The minimum atomic E-state index is -2.45. The highest BCUT2D eigenvalue weighted by Gasteiger charge is 2.35. The molecule has 1 saturated carbocycles. The average molecular weight is 378 g/mol. The Morgan fingerprint density at radius 2 is 1.96 bits per heavy atom. The van der Waals surface area contributed by atoms with Crippen LogP contribution in [0.3, 0.4) is 0 Å². The van der Waals surface area contributed by atoms with E-state index >= 15 is 0 Å². The van der Waals surface area contributed by atoms with Gasteiger partial charge in [0.25, 0.3) is 0 Å². The molecule has 2 fully saturated rings. The summed E-state index contributed by atoms with van der Waals surface area (Å²) < 4.78 is 38.0. The number of nitrogens with zero attached hydrogens (tertiary/aromatic N) is 2. The van der Waals surface area contributed by atoms with Crippen LogP contribution in [-0.2, 0) is 0 Å². The number of alkyl halides is 2. The van der Waals surface area contributed by atoms with E-state index in [1.54, 1.807) is 25.3 Å². The first kappa shape index (κ1) is 19.9. The zero-order valence-electron chi connectivity index (χ0n) is 15.9. The first-order valence-electron chi connectivity index (χ1n) is 9.80. The Balaban J connectivity index is 1.48. The molecule has 27 heavy (non-hydrogen) atoms. The van der Waals surface area contributed by atoms with Crippen molar-refractivity contribution >= 4 is 0 Å². The van der Waals surface area contributed by atoms with Crippen molar-refractivity contribution in [2.75, 3.05) is 33.4 Å². The zero-order chi connectivity index (χ0) is 19.3. The molecule has 1 aliphatic carbocycles. The predicted molar refractivity (Wildman–Crippen MR) is 99.3 cm³/mol. The fourth-order valence-corrected chi connectivity index (χ4v) is 4.16. The molecule has 1 aromatic rings. The largest absolute Gasteiger partial charge is 0.493 e. The molecule has 0 aromatic heterocycles. The second kappa shape index (κ2) is 8.88. The van der Waals surface area contributed by atoms with E-state index in [4.69, 9.17) is 14.7 Å². The van der Waals surface area contributed by atoms with Crippen molar-refractivity contribution in [1.82, 2.24) is 4.90 Å². The summed E-state index contributed by atoms with van der Waals surface area (Å²) in [6, 6.07) is 7.28. The van der Waals surface area contributed by atoms with Gasteiger partial charge in [0.2, 0.25) is 5.92 Å². The number of hydrogen-bond donors (Lipinski definition) is 0. The maximum absolute atomic E-state index is 13.3. The molecule has 1 unspecified atom stereocenters. The molecule has 0 radical (unpaired) electrons. The van der Waals surface area contributed by atoms with Gasteiger partial charge in [-0.15, -0.1) is 0 Å². The molecule has 4 nitrogen and oxygen atoms in total. The van der Waals surface area contributed by atoms with Crippen LogP contribution in [0.1, 0.15) is 44.1 Å². The molecular formula is C21H28F2N2O2. The van der Waals surface area contributed by atoms with Gasteiger partial charge in [-0.1, -0.05) is 0 Å². The lowest BCUT2D eigenvalue weighted by atomic mass is 9.86. The van der Waals surface area contributed by atoms with Gasteiger partial charge >= 0.3 is 0 Å². The van der Waals surface area contributed by atoms with Crippen LogP contribution in [-0.4, -0.2) is 44.2 Å². The minimum absolute atomic E-state index is 0.0382. The van der Waals surface area contributed by atoms with Crippen molar-refractivity contribution in [3.63, 3.8) is 0 Å². The second-order valence-electron chi connectivity index (χ2n) is 7.86. The summed E-state index contributed by atoms with van der Waals surface area (Å²) in [7, 11) is 1.57. The average Bonchev–Trinajstić information content (AvgIpc) is 2.68. The molecule has 1 heterocycles. The normalized spacial score (nSPS) is 23.6. The smallest absolute Gasteiger partial charge is 0.248 e. The van der Waals surface area contributed by atoms with E-state index in [1.807, 2.05) is 0 Å². The molecule has 6 heteroatoms. The molecule has 1 atom stereocenters. The molecule has 2 aliphatic rings. The Bertz CT molecular complexity index is 665. The fourth-order valence-electron chi connectivity index (χ4n) is 4.16. The van der Waals surface area contributed by atoms with Gasteiger partial charge in [-0.3, -0.25) is 0 Å². The third-order valence-corrected chi connectivity index (χ3v) is 5.72. The lowest BCUT2D eigenvalue weighted by molar-refractivity contribution is -0.0501. The quantitative estimate of drug-likeness (QED) is 0.732. The van der Waals surface area contributed by atoms with Gasteiger partial charge < -0.3 is 14.4 Å². The summed E-state index contributed by atoms with van der Waals surface area (Å²) in [6.45, 7) is 3.52. The molecule has 1 saturated heterocycles. The van der Waals surface area contributed by atoms with Crippen LogP contribution in [0, 0.1) is 23.2 Å². The minimum Gasteiger partial charge on any atom is -0.493 e. The van der Waals surface area contributed by atoms with Gasteiger partial charge in [0.15, 0.2) is 11.5 Å². The highest BCUT2D eigenvalue weighted by molar-refractivity contribution is 5.46. The number of nitriles is 1. The molecule has 1 aromatic carbocycles. The fraction of sp³-hybridized carbons (Fsp3) is 0.667. The molecule has 0 N–H and O–H groups in total. The van der Waals surface area contributed by atoms with E-state index in [9.17, 15) is 8.78 Å². The highest BCUT2D eigenvalue weighted by atomic mass is 19.3. The van der Waals surface area contributed by atoms with E-state index in [0.29, 0.717) is 48.3 Å². The van der Waals surface area contributed by atoms with E-state index in [0.717, 1.165) is 32.5 Å². The van der Waals surface area contributed by atoms with Gasteiger partial charge in [-0.05, 0) is 50.3 Å². The summed E-state index contributed by atoms with van der Waals surface area (Å²) in [6.07, 6.45) is 3.56. The van der Waals surface area contributed by atoms with Crippen molar-refractivity contribution in [1.29, 1.82) is 5.26 Å². The molecule has 0 spiro atoms. The van der Waals surface area contributed by atoms with E-state index in [-0.39, 0.29) is 12.8 Å². The first-order valence-corrected chi connectivity index (χ1v) is 9.80. The van der Waals surface area contributed by atoms with Crippen molar-refractivity contribution < 1.29 is 18.3 Å². The number of benzene rings is 1. The van der Waals surface area contributed by atoms with E-state index < -0.39 is 5.92 Å². The molecule has 1 aliphatic heterocycles. The van der Waals surface area contributed by atoms with Crippen LogP contribution in [0.4, 0.5) is 8.78 Å². The third kappa shape index (κ3) is 5.55. The van der Waals surface area contributed by atoms with Crippen molar-refractivity contribution in [2.45, 2.75) is 44.4 Å². The summed E-state index contributed by atoms with van der Waals surface area (Å²) in [5, 5.41) is 8.98. The molecule has 0 amide bonds. The second-order valence-corrected chi connectivity index (χ2v) is 7.86. The van der Waals surface area contributed by atoms with Gasteiger partial charge in [0, 0.05) is 37.9 Å². The van der Waals surface area contributed by atoms with Gasteiger partial charge in [-0.25, -0.2) is 8.78 Å². The van der Waals surface area contributed by atoms with Crippen molar-refractivity contribution in [3.05, 3.63) is 23.8 Å². The molecule has 148 valence electrons.